The summed E-state index contributed by atoms with van der Waals surface area (Å²) in [4.78, 5) is 4.46. The van der Waals surface area contributed by atoms with Crippen LogP contribution in [0.2, 0.25) is 0 Å². The molecule has 1 atom stereocenters. The second-order valence-electron chi connectivity index (χ2n) is 5.18. The maximum absolute atomic E-state index is 5.27. The standard InChI is InChI=1S/C14H25N3O/c1-3-6-12(11-18-2)16-14-15-9-10-17(14)13-7-4-5-8-13/h9-10,12-13H,3-8,11H2,1-2H3,(H,15,16). The van der Waals surface area contributed by atoms with E-state index in [0.717, 1.165) is 25.4 Å². The van der Waals surface area contributed by atoms with Crippen molar-refractivity contribution >= 4 is 5.95 Å². The number of nitrogens with zero attached hydrogens (tertiary/aromatic N) is 2. The molecular formula is C14H25N3O. The number of aromatic nitrogens is 2. The van der Waals surface area contributed by atoms with Crippen LogP contribution in [-0.4, -0.2) is 29.3 Å². The first-order chi connectivity index (χ1) is 8.85. The number of nitrogens with one attached hydrogen (secondary N) is 1. The number of ether oxygens (including phenoxy) is 1. The molecule has 1 fully saturated rings. The second-order valence-corrected chi connectivity index (χ2v) is 5.18. The third-order valence-corrected chi connectivity index (χ3v) is 3.72. The number of rotatable bonds is 7. The van der Waals surface area contributed by atoms with E-state index in [0.29, 0.717) is 12.1 Å². The Morgan fingerprint density at radius 3 is 2.94 bits per heavy atom. The Hall–Kier alpha value is -1.03. The van der Waals surface area contributed by atoms with Gasteiger partial charge in [-0.2, -0.15) is 0 Å². The molecule has 0 aromatic carbocycles. The molecule has 0 amide bonds. The van der Waals surface area contributed by atoms with Gasteiger partial charge in [0.2, 0.25) is 5.95 Å². The molecular weight excluding hydrogens is 226 g/mol. The minimum absolute atomic E-state index is 0.363. The lowest BCUT2D eigenvalue weighted by atomic mass is 10.2. The second kappa shape index (κ2) is 6.78. The minimum Gasteiger partial charge on any atom is -0.383 e. The normalized spacial score (nSPS) is 18.1. The van der Waals surface area contributed by atoms with E-state index in [2.05, 4.69) is 28.0 Å². The maximum Gasteiger partial charge on any atom is 0.203 e. The van der Waals surface area contributed by atoms with Crippen LogP contribution >= 0.6 is 0 Å². The average molecular weight is 251 g/mol. The van der Waals surface area contributed by atoms with Gasteiger partial charge in [0.25, 0.3) is 0 Å². The molecule has 1 unspecified atom stereocenters. The molecule has 1 saturated carbocycles. The smallest absolute Gasteiger partial charge is 0.203 e. The Morgan fingerprint density at radius 1 is 1.50 bits per heavy atom. The summed E-state index contributed by atoms with van der Waals surface area (Å²) in [6.45, 7) is 2.94. The molecule has 0 saturated heterocycles. The van der Waals surface area contributed by atoms with Crippen LogP contribution in [0.15, 0.2) is 12.4 Å². The number of anilines is 1. The van der Waals surface area contributed by atoms with Gasteiger partial charge in [-0.1, -0.05) is 26.2 Å². The maximum atomic E-state index is 5.27. The van der Waals surface area contributed by atoms with Crippen molar-refractivity contribution in [2.24, 2.45) is 0 Å². The van der Waals surface area contributed by atoms with E-state index in [1.165, 1.54) is 25.7 Å². The van der Waals surface area contributed by atoms with E-state index >= 15 is 0 Å². The molecule has 1 aliphatic rings. The van der Waals surface area contributed by atoms with Crippen LogP contribution in [0, 0.1) is 0 Å². The highest BCUT2D eigenvalue weighted by atomic mass is 16.5. The van der Waals surface area contributed by atoms with Crippen LogP contribution in [0.1, 0.15) is 51.5 Å². The van der Waals surface area contributed by atoms with Gasteiger partial charge in [-0.3, -0.25) is 0 Å². The summed E-state index contributed by atoms with van der Waals surface area (Å²) in [6.07, 6.45) is 11.5. The van der Waals surface area contributed by atoms with E-state index in [1.54, 1.807) is 7.11 Å². The van der Waals surface area contributed by atoms with Crippen LogP contribution < -0.4 is 5.32 Å². The Kier molecular flexibility index (Phi) is 5.05. The highest BCUT2D eigenvalue weighted by Gasteiger charge is 2.20. The number of imidazole rings is 1. The summed E-state index contributed by atoms with van der Waals surface area (Å²) in [7, 11) is 1.76. The van der Waals surface area contributed by atoms with Crippen molar-refractivity contribution in [3.8, 4) is 0 Å². The first kappa shape index (κ1) is 13.4. The predicted molar refractivity (Wildman–Crippen MR) is 73.9 cm³/mol. The lowest BCUT2D eigenvalue weighted by Gasteiger charge is -2.21. The molecule has 0 bridgehead atoms. The van der Waals surface area contributed by atoms with Crippen LogP contribution in [0.25, 0.3) is 0 Å². The Bertz CT molecular complexity index is 339. The quantitative estimate of drug-likeness (QED) is 0.808. The summed E-state index contributed by atoms with van der Waals surface area (Å²) >= 11 is 0. The molecule has 102 valence electrons. The largest absolute Gasteiger partial charge is 0.383 e. The monoisotopic (exact) mass is 251 g/mol. The van der Waals surface area contributed by atoms with Gasteiger partial charge in [-0.05, 0) is 19.3 Å². The molecule has 1 N–H and O–H groups in total. The SMILES string of the molecule is CCCC(COC)Nc1nccn1C1CCCC1. The zero-order valence-electron chi connectivity index (χ0n) is 11.6. The van der Waals surface area contributed by atoms with Gasteiger partial charge in [0.15, 0.2) is 0 Å². The fraction of sp³-hybridized carbons (Fsp3) is 0.786. The molecule has 4 heteroatoms. The van der Waals surface area contributed by atoms with Gasteiger partial charge in [0.1, 0.15) is 0 Å². The van der Waals surface area contributed by atoms with Gasteiger partial charge >= 0.3 is 0 Å². The summed E-state index contributed by atoms with van der Waals surface area (Å²) in [5.41, 5.74) is 0. The minimum atomic E-state index is 0.363. The van der Waals surface area contributed by atoms with E-state index in [1.807, 2.05) is 6.20 Å². The summed E-state index contributed by atoms with van der Waals surface area (Å²) < 4.78 is 7.58. The van der Waals surface area contributed by atoms with Crippen molar-refractivity contribution in [1.29, 1.82) is 0 Å². The van der Waals surface area contributed by atoms with Gasteiger partial charge in [0, 0.05) is 25.5 Å². The van der Waals surface area contributed by atoms with Crippen LogP contribution in [-0.2, 0) is 4.74 Å². The fourth-order valence-electron chi connectivity index (χ4n) is 2.83. The molecule has 0 aliphatic heterocycles. The van der Waals surface area contributed by atoms with Crippen molar-refractivity contribution in [1.82, 2.24) is 9.55 Å². The van der Waals surface area contributed by atoms with Crippen molar-refractivity contribution in [3.63, 3.8) is 0 Å². The van der Waals surface area contributed by atoms with Crippen molar-refractivity contribution in [2.45, 2.75) is 57.5 Å². The number of methoxy groups -OCH3 is 1. The van der Waals surface area contributed by atoms with Gasteiger partial charge in [-0.25, -0.2) is 4.98 Å². The Morgan fingerprint density at radius 2 is 2.28 bits per heavy atom. The van der Waals surface area contributed by atoms with Gasteiger partial charge in [0.05, 0.1) is 12.6 Å². The molecule has 18 heavy (non-hydrogen) atoms. The first-order valence-corrected chi connectivity index (χ1v) is 7.13. The zero-order valence-corrected chi connectivity index (χ0v) is 11.6. The number of hydrogen-bond acceptors (Lipinski definition) is 3. The average Bonchev–Trinajstić information content (AvgIpc) is 2.99. The van der Waals surface area contributed by atoms with E-state index < -0.39 is 0 Å². The highest BCUT2D eigenvalue weighted by molar-refractivity contribution is 5.28. The molecule has 4 nitrogen and oxygen atoms in total. The Balaban J connectivity index is 2.00. The molecule has 1 aliphatic carbocycles. The third-order valence-electron chi connectivity index (χ3n) is 3.72. The molecule has 2 rings (SSSR count). The van der Waals surface area contributed by atoms with Crippen LogP contribution in [0.3, 0.4) is 0 Å². The Labute approximate surface area is 110 Å². The van der Waals surface area contributed by atoms with E-state index in [4.69, 9.17) is 4.74 Å². The lowest BCUT2D eigenvalue weighted by molar-refractivity contribution is 0.182. The van der Waals surface area contributed by atoms with Crippen molar-refractivity contribution in [2.75, 3.05) is 19.0 Å². The summed E-state index contributed by atoms with van der Waals surface area (Å²) in [5, 5.41) is 3.53. The van der Waals surface area contributed by atoms with Crippen molar-refractivity contribution < 1.29 is 4.74 Å². The first-order valence-electron chi connectivity index (χ1n) is 7.13. The topological polar surface area (TPSA) is 39.1 Å². The molecule has 0 radical (unpaired) electrons. The molecule has 0 spiro atoms. The van der Waals surface area contributed by atoms with Gasteiger partial charge < -0.3 is 14.6 Å². The van der Waals surface area contributed by atoms with Crippen molar-refractivity contribution in [3.05, 3.63) is 12.4 Å². The number of hydrogen-bond donors (Lipinski definition) is 1. The highest BCUT2D eigenvalue weighted by Crippen LogP contribution is 2.31. The summed E-state index contributed by atoms with van der Waals surface area (Å²) in [5.74, 6) is 1.01. The predicted octanol–water partition coefficient (Wildman–Crippen LogP) is 3.23. The van der Waals surface area contributed by atoms with Crippen LogP contribution in [0.4, 0.5) is 5.95 Å². The van der Waals surface area contributed by atoms with E-state index in [9.17, 15) is 0 Å². The third kappa shape index (κ3) is 3.25. The molecule has 1 heterocycles. The van der Waals surface area contributed by atoms with E-state index in [-0.39, 0.29) is 0 Å². The lowest BCUT2D eigenvalue weighted by Crippen LogP contribution is -2.27. The van der Waals surface area contributed by atoms with Gasteiger partial charge in [-0.15, -0.1) is 0 Å². The zero-order chi connectivity index (χ0) is 12.8. The molecule has 1 aromatic heterocycles. The summed E-state index contributed by atoms with van der Waals surface area (Å²) in [6, 6.07) is 1.00. The fourth-order valence-corrected chi connectivity index (χ4v) is 2.83. The van der Waals surface area contributed by atoms with Crippen LogP contribution in [0.5, 0.6) is 0 Å². The molecule has 1 aromatic rings.